The lowest BCUT2D eigenvalue weighted by molar-refractivity contribution is -0.135. The van der Waals surface area contributed by atoms with Crippen LogP contribution in [0.15, 0.2) is 40.9 Å². The molecular weight excluding hydrogens is 270 g/mol. The maximum atomic E-state index is 11.9. The molecule has 108 valence electrons. The Kier molecular flexibility index (Phi) is 4.43. The lowest BCUT2D eigenvalue weighted by Gasteiger charge is -2.23. The largest absolute Gasteiger partial charge is 0.465 e. The van der Waals surface area contributed by atoms with Crippen LogP contribution in [0.2, 0.25) is 0 Å². The maximum absolute atomic E-state index is 11.9. The Morgan fingerprint density at radius 2 is 1.95 bits per heavy atom. The number of hydrogen-bond acceptors (Lipinski definition) is 4. The van der Waals surface area contributed by atoms with Crippen molar-refractivity contribution < 1.29 is 9.53 Å². The van der Waals surface area contributed by atoms with Gasteiger partial charge in [-0.05, 0) is 26.3 Å². The fourth-order valence-electron chi connectivity index (χ4n) is 2.21. The molecule has 0 bridgehead atoms. The van der Waals surface area contributed by atoms with E-state index in [-0.39, 0.29) is 16.8 Å². The Morgan fingerprint density at radius 1 is 1.30 bits per heavy atom. The first-order valence-electron chi connectivity index (χ1n) is 6.72. The molecule has 4 heteroatoms. The summed E-state index contributed by atoms with van der Waals surface area (Å²) in [5.41, 5.74) is 2.16. The van der Waals surface area contributed by atoms with Gasteiger partial charge in [0.05, 0.1) is 7.11 Å². The number of thioether (sulfide) groups is 1. The number of methoxy groups -OCH3 is 1. The molecule has 0 aromatic heterocycles. The summed E-state index contributed by atoms with van der Waals surface area (Å²) < 4.78 is 4.91. The van der Waals surface area contributed by atoms with E-state index in [2.05, 4.69) is 38.2 Å². The fraction of sp³-hybridized carbons (Fsp3) is 0.438. The Balaban J connectivity index is 2.22. The van der Waals surface area contributed by atoms with E-state index in [9.17, 15) is 4.79 Å². The summed E-state index contributed by atoms with van der Waals surface area (Å²) in [6.45, 7) is 6.28. The standard InChI is InChI=1S/C16H21NO2S/c1-16(2,3)17-12-10-13(11-8-6-5-7-9-11)20-14(12)15(18)19-4/h5-9,13,17H,10H2,1-4H3. The molecule has 1 unspecified atom stereocenters. The molecule has 1 aromatic carbocycles. The molecule has 0 radical (unpaired) electrons. The van der Waals surface area contributed by atoms with Crippen LogP contribution in [0, 0.1) is 0 Å². The van der Waals surface area contributed by atoms with Crippen LogP contribution in [-0.4, -0.2) is 18.6 Å². The number of carbonyl (C=O) groups is 1. The van der Waals surface area contributed by atoms with Crippen LogP contribution >= 0.6 is 11.8 Å². The van der Waals surface area contributed by atoms with E-state index in [1.807, 2.05) is 18.2 Å². The Labute approximate surface area is 124 Å². The van der Waals surface area contributed by atoms with Crippen molar-refractivity contribution in [2.24, 2.45) is 0 Å². The van der Waals surface area contributed by atoms with Gasteiger partial charge in [-0.25, -0.2) is 4.79 Å². The van der Waals surface area contributed by atoms with E-state index in [0.29, 0.717) is 4.91 Å². The lowest BCUT2D eigenvalue weighted by Crippen LogP contribution is -2.35. The van der Waals surface area contributed by atoms with E-state index >= 15 is 0 Å². The molecule has 2 rings (SSSR count). The van der Waals surface area contributed by atoms with Crippen LogP contribution < -0.4 is 5.32 Å². The third-order valence-corrected chi connectivity index (χ3v) is 4.36. The van der Waals surface area contributed by atoms with Gasteiger partial charge in [-0.1, -0.05) is 30.3 Å². The number of allylic oxidation sites excluding steroid dienone is 1. The number of nitrogens with one attached hydrogen (secondary N) is 1. The van der Waals surface area contributed by atoms with E-state index in [4.69, 9.17) is 4.74 Å². The van der Waals surface area contributed by atoms with Crippen LogP contribution in [0.1, 0.15) is 38.0 Å². The van der Waals surface area contributed by atoms with Crippen LogP contribution in [0.25, 0.3) is 0 Å². The Bertz CT molecular complexity index is 517. The summed E-state index contributed by atoms with van der Waals surface area (Å²) >= 11 is 1.59. The molecule has 1 N–H and O–H groups in total. The summed E-state index contributed by atoms with van der Waals surface area (Å²) in [5.74, 6) is -0.250. The normalized spacial score (nSPS) is 19.1. The van der Waals surface area contributed by atoms with E-state index in [1.54, 1.807) is 11.8 Å². The number of carbonyl (C=O) groups excluding carboxylic acids is 1. The van der Waals surface area contributed by atoms with Gasteiger partial charge in [0.15, 0.2) is 0 Å². The van der Waals surface area contributed by atoms with Crippen molar-refractivity contribution in [1.29, 1.82) is 0 Å². The van der Waals surface area contributed by atoms with Crippen molar-refractivity contribution >= 4 is 17.7 Å². The average Bonchev–Trinajstić information content (AvgIpc) is 2.80. The molecule has 1 aromatic rings. The topological polar surface area (TPSA) is 38.3 Å². The summed E-state index contributed by atoms with van der Waals surface area (Å²) in [5, 5.41) is 3.71. The first kappa shape index (κ1) is 15.0. The Hall–Kier alpha value is -1.42. The highest BCUT2D eigenvalue weighted by Gasteiger charge is 2.32. The highest BCUT2D eigenvalue weighted by molar-refractivity contribution is 8.04. The second kappa shape index (κ2) is 5.92. The molecule has 3 nitrogen and oxygen atoms in total. The molecule has 0 aliphatic carbocycles. The van der Waals surface area contributed by atoms with E-state index < -0.39 is 0 Å². The molecule has 0 fully saturated rings. The van der Waals surface area contributed by atoms with Crippen molar-refractivity contribution in [2.75, 3.05) is 7.11 Å². The van der Waals surface area contributed by atoms with E-state index in [0.717, 1.165) is 12.1 Å². The molecule has 1 heterocycles. The molecule has 0 spiro atoms. The van der Waals surface area contributed by atoms with Gasteiger partial charge < -0.3 is 10.1 Å². The molecule has 0 amide bonds. The summed E-state index contributed by atoms with van der Waals surface area (Å²) in [7, 11) is 1.43. The van der Waals surface area contributed by atoms with Gasteiger partial charge in [0.2, 0.25) is 0 Å². The van der Waals surface area contributed by atoms with Gasteiger partial charge >= 0.3 is 5.97 Å². The SMILES string of the molecule is COC(=O)C1=C(NC(C)(C)C)CC(c2ccccc2)S1. The third-order valence-electron chi connectivity index (χ3n) is 2.99. The predicted octanol–water partition coefficient (Wildman–Crippen LogP) is 3.64. The number of benzene rings is 1. The van der Waals surface area contributed by atoms with Crippen molar-refractivity contribution in [2.45, 2.75) is 38.0 Å². The summed E-state index contributed by atoms with van der Waals surface area (Å²) in [6, 6.07) is 10.3. The minimum Gasteiger partial charge on any atom is -0.465 e. The number of rotatable bonds is 3. The zero-order valence-electron chi connectivity index (χ0n) is 12.4. The van der Waals surface area contributed by atoms with Crippen LogP contribution in [0.3, 0.4) is 0 Å². The van der Waals surface area contributed by atoms with Crippen molar-refractivity contribution in [3.8, 4) is 0 Å². The van der Waals surface area contributed by atoms with Crippen molar-refractivity contribution in [3.05, 3.63) is 46.5 Å². The predicted molar refractivity (Wildman–Crippen MR) is 83.3 cm³/mol. The molecule has 1 aliphatic rings. The summed E-state index contributed by atoms with van der Waals surface area (Å²) in [4.78, 5) is 12.7. The van der Waals surface area contributed by atoms with Gasteiger partial charge in [0.25, 0.3) is 0 Å². The molecule has 0 saturated carbocycles. The second-order valence-corrected chi connectivity index (χ2v) is 7.11. The summed E-state index contributed by atoms with van der Waals surface area (Å²) in [6.07, 6.45) is 0.830. The minimum atomic E-state index is -0.250. The monoisotopic (exact) mass is 291 g/mol. The highest BCUT2D eigenvalue weighted by atomic mass is 32.2. The lowest BCUT2D eigenvalue weighted by atomic mass is 10.0. The first-order valence-corrected chi connectivity index (χ1v) is 7.60. The van der Waals surface area contributed by atoms with Crippen molar-refractivity contribution in [3.63, 3.8) is 0 Å². The highest BCUT2D eigenvalue weighted by Crippen LogP contribution is 2.47. The van der Waals surface area contributed by atoms with Crippen LogP contribution in [-0.2, 0) is 9.53 Å². The zero-order valence-corrected chi connectivity index (χ0v) is 13.2. The third kappa shape index (κ3) is 3.57. The Morgan fingerprint density at radius 3 is 2.50 bits per heavy atom. The van der Waals surface area contributed by atoms with E-state index in [1.165, 1.54) is 12.7 Å². The minimum absolute atomic E-state index is 0.0687. The zero-order chi connectivity index (χ0) is 14.8. The fourth-order valence-corrected chi connectivity index (χ4v) is 3.50. The number of hydrogen-bond donors (Lipinski definition) is 1. The average molecular weight is 291 g/mol. The van der Waals surface area contributed by atoms with Crippen molar-refractivity contribution in [1.82, 2.24) is 5.32 Å². The number of ether oxygens (including phenoxy) is 1. The molecular formula is C16H21NO2S. The van der Waals surface area contributed by atoms with Gasteiger partial charge in [-0.15, -0.1) is 11.8 Å². The first-order chi connectivity index (χ1) is 9.40. The molecule has 1 aliphatic heterocycles. The second-order valence-electron chi connectivity index (χ2n) is 5.90. The maximum Gasteiger partial charge on any atom is 0.346 e. The molecule has 20 heavy (non-hydrogen) atoms. The smallest absolute Gasteiger partial charge is 0.346 e. The van der Waals surface area contributed by atoms with Gasteiger partial charge in [0, 0.05) is 22.9 Å². The van der Waals surface area contributed by atoms with Gasteiger partial charge in [-0.2, -0.15) is 0 Å². The van der Waals surface area contributed by atoms with Gasteiger partial charge in [-0.3, -0.25) is 0 Å². The van der Waals surface area contributed by atoms with Crippen LogP contribution in [0.5, 0.6) is 0 Å². The number of esters is 1. The molecule has 1 atom stereocenters. The quantitative estimate of drug-likeness (QED) is 0.863. The molecule has 0 saturated heterocycles. The van der Waals surface area contributed by atoms with Crippen LogP contribution in [0.4, 0.5) is 0 Å². The van der Waals surface area contributed by atoms with Gasteiger partial charge in [0.1, 0.15) is 4.91 Å².